The van der Waals surface area contributed by atoms with E-state index in [2.05, 4.69) is 10.2 Å². The lowest BCUT2D eigenvalue weighted by molar-refractivity contribution is 0.0956. The van der Waals surface area contributed by atoms with Crippen LogP contribution in [0.25, 0.3) is 0 Å². The quantitative estimate of drug-likeness (QED) is 0.819. The van der Waals surface area contributed by atoms with Crippen molar-refractivity contribution in [2.75, 3.05) is 26.2 Å². The van der Waals surface area contributed by atoms with Gasteiger partial charge >= 0.3 is 0 Å². The summed E-state index contributed by atoms with van der Waals surface area (Å²) in [6.45, 7) is 6.53. The van der Waals surface area contributed by atoms with Crippen molar-refractivity contribution < 1.29 is 4.79 Å². The number of thiophene rings is 1. The summed E-state index contributed by atoms with van der Waals surface area (Å²) in [7, 11) is 0. The van der Waals surface area contributed by atoms with Gasteiger partial charge in [-0.2, -0.15) is 0 Å². The summed E-state index contributed by atoms with van der Waals surface area (Å²) >= 11 is 1.52. The van der Waals surface area contributed by atoms with Crippen molar-refractivity contribution in [1.82, 2.24) is 10.2 Å². The van der Waals surface area contributed by atoms with Gasteiger partial charge in [0.25, 0.3) is 5.91 Å². The van der Waals surface area contributed by atoms with E-state index in [0.29, 0.717) is 0 Å². The largest absolute Gasteiger partial charge is 0.351 e. The Morgan fingerprint density at radius 2 is 2.11 bits per heavy atom. The predicted octanol–water partition coefficient (Wildman–Crippen LogP) is 3.08. The second-order valence-electron chi connectivity index (χ2n) is 5.00. The summed E-state index contributed by atoms with van der Waals surface area (Å²) in [5.41, 5.74) is 1.17. The molecular weight excluding hydrogens is 280 g/mol. The van der Waals surface area contributed by atoms with Crippen molar-refractivity contribution in [3.05, 3.63) is 21.9 Å². The van der Waals surface area contributed by atoms with E-state index in [1.807, 2.05) is 18.4 Å². The minimum atomic E-state index is 0. The lowest BCUT2D eigenvalue weighted by Crippen LogP contribution is -2.25. The maximum absolute atomic E-state index is 11.8. The minimum absolute atomic E-state index is 0. The standard InChI is InChI=1S/C14H22N2OS.ClH/c1-12-10-13(18-11-12)14(17)15-6-2-3-7-16-8-4-5-9-16;/h10-11H,2-9H2,1H3,(H,15,17);1H. The molecule has 1 fully saturated rings. The van der Waals surface area contributed by atoms with Crippen molar-refractivity contribution in [3.63, 3.8) is 0 Å². The molecule has 5 heteroatoms. The molecule has 0 spiro atoms. The number of nitrogens with one attached hydrogen (secondary N) is 1. The van der Waals surface area contributed by atoms with Crippen molar-refractivity contribution in [3.8, 4) is 0 Å². The lowest BCUT2D eigenvalue weighted by atomic mass is 10.3. The molecular formula is C14H23ClN2OS. The van der Waals surface area contributed by atoms with Crippen LogP contribution in [-0.2, 0) is 0 Å². The molecule has 0 atom stereocenters. The van der Waals surface area contributed by atoms with Crippen molar-refractivity contribution in [2.24, 2.45) is 0 Å². The van der Waals surface area contributed by atoms with Gasteiger partial charge in [0.15, 0.2) is 0 Å². The van der Waals surface area contributed by atoms with Gasteiger partial charge in [-0.25, -0.2) is 0 Å². The smallest absolute Gasteiger partial charge is 0.261 e. The topological polar surface area (TPSA) is 32.3 Å². The van der Waals surface area contributed by atoms with E-state index < -0.39 is 0 Å². The first kappa shape index (κ1) is 16.5. The molecule has 2 rings (SSSR count). The zero-order valence-electron chi connectivity index (χ0n) is 11.5. The van der Waals surface area contributed by atoms with E-state index in [1.54, 1.807) is 0 Å². The Hall–Kier alpha value is -0.580. The molecule has 0 aliphatic carbocycles. The summed E-state index contributed by atoms with van der Waals surface area (Å²) in [6.07, 6.45) is 4.97. The van der Waals surface area contributed by atoms with Crippen LogP contribution in [0, 0.1) is 6.92 Å². The molecule has 108 valence electrons. The third-order valence-corrected chi connectivity index (χ3v) is 4.39. The van der Waals surface area contributed by atoms with Crippen LogP contribution in [-0.4, -0.2) is 37.0 Å². The number of carbonyl (C=O) groups excluding carboxylic acids is 1. The molecule has 1 aliphatic heterocycles. The number of amides is 1. The first-order chi connectivity index (χ1) is 8.75. The highest BCUT2D eigenvalue weighted by Crippen LogP contribution is 2.13. The van der Waals surface area contributed by atoms with Crippen LogP contribution in [0.4, 0.5) is 0 Å². The SMILES string of the molecule is Cc1csc(C(=O)NCCCCN2CCCC2)c1.Cl. The Kier molecular flexibility index (Phi) is 7.42. The van der Waals surface area contributed by atoms with E-state index >= 15 is 0 Å². The Morgan fingerprint density at radius 3 is 2.74 bits per heavy atom. The van der Waals surface area contributed by atoms with E-state index in [-0.39, 0.29) is 18.3 Å². The molecule has 0 bridgehead atoms. The molecule has 1 aromatic rings. The summed E-state index contributed by atoms with van der Waals surface area (Å²) in [6, 6.07) is 1.95. The first-order valence-electron chi connectivity index (χ1n) is 6.81. The van der Waals surface area contributed by atoms with Crippen LogP contribution >= 0.6 is 23.7 Å². The molecule has 19 heavy (non-hydrogen) atoms. The summed E-state index contributed by atoms with van der Waals surface area (Å²) < 4.78 is 0. The first-order valence-corrected chi connectivity index (χ1v) is 7.69. The highest BCUT2D eigenvalue weighted by molar-refractivity contribution is 7.12. The van der Waals surface area contributed by atoms with Crippen LogP contribution in [0.2, 0.25) is 0 Å². The zero-order valence-corrected chi connectivity index (χ0v) is 13.1. The fourth-order valence-electron chi connectivity index (χ4n) is 2.31. The monoisotopic (exact) mass is 302 g/mol. The van der Waals surface area contributed by atoms with Gasteiger partial charge in [-0.1, -0.05) is 0 Å². The molecule has 3 nitrogen and oxygen atoms in total. The average molecular weight is 303 g/mol. The molecule has 1 aromatic heterocycles. The normalized spacial score (nSPS) is 15.2. The predicted molar refractivity (Wildman–Crippen MR) is 83.5 cm³/mol. The molecule has 1 saturated heterocycles. The molecule has 0 saturated carbocycles. The molecule has 2 heterocycles. The van der Waals surface area contributed by atoms with Crippen molar-refractivity contribution in [1.29, 1.82) is 0 Å². The number of aryl methyl sites for hydroxylation is 1. The second-order valence-corrected chi connectivity index (χ2v) is 5.91. The van der Waals surface area contributed by atoms with Gasteiger partial charge in [0, 0.05) is 6.54 Å². The number of rotatable bonds is 6. The molecule has 0 radical (unpaired) electrons. The van der Waals surface area contributed by atoms with Gasteiger partial charge in [0.1, 0.15) is 0 Å². The Bertz CT molecular complexity index is 389. The second kappa shape index (κ2) is 8.56. The third-order valence-electron chi connectivity index (χ3n) is 3.34. The summed E-state index contributed by atoms with van der Waals surface area (Å²) in [4.78, 5) is 15.1. The van der Waals surface area contributed by atoms with Gasteiger partial charge in [-0.3, -0.25) is 4.79 Å². The summed E-state index contributed by atoms with van der Waals surface area (Å²) in [5.74, 6) is 0.0780. The fraction of sp³-hybridized carbons (Fsp3) is 0.643. The van der Waals surface area contributed by atoms with E-state index in [1.165, 1.54) is 55.8 Å². The highest BCUT2D eigenvalue weighted by atomic mass is 35.5. The number of unbranched alkanes of at least 4 members (excludes halogenated alkanes) is 1. The lowest BCUT2D eigenvalue weighted by Gasteiger charge is -2.13. The third kappa shape index (κ3) is 5.51. The average Bonchev–Trinajstić information content (AvgIpc) is 2.99. The van der Waals surface area contributed by atoms with Crippen LogP contribution < -0.4 is 5.32 Å². The van der Waals surface area contributed by atoms with Gasteiger partial charge in [0.05, 0.1) is 4.88 Å². The molecule has 0 unspecified atom stereocenters. The minimum Gasteiger partial charge on any atom is -0.351 e. The summed E-state index contributed by atoms with van der Waals surface area (Å²) in [5, 5.41) is 5.01. The van der Waals surface area contributed by atoms with Crippen LogP contribution in [0.3, 0.4) is 0 Å². The van der Waals surface area contributed by atoms with Gasteiger partial charge in [0.2, 0.25) is 0 Å². The number of likely N-dealkylation sites (tertiary alicyclic amines) is 1. The van der Waals surface area contributed by atoms with E-state index in [4.69, 9.17) is 0 Å². The maximum atomic E-state index is 11.8. The number of hydrogen-bond donors (Lipinski definition) is 1. The van der Waals surface area contributed by atoms with Gasteiger partial charge < -0.3 is 10.2 Å². The van der Waals surface area contributed by atoms with Gasteiger partial charge in [-0.15, -0.1) is 23.7 Å². The number of hydrogen-bond acceptors (Lipinski definition) is 3. The Balaban J connectivity index is 0.00000180. The maximum Gasteiger partial charge on any atom is 0.261 e. The Morgan fingerprint density at radius 1 is 1.37 bits per heavy atom. The molecule has 0 aromatic carbocycles. The number of carbonyl (C=O) groups is 1. The van der Waals surface area contributed by atoms with Crippen LogP contribution in [0.1, 0.15) is 40.9 Å². The van der Waals surface area contributed by atoms with Crippen LogP contribution in [0.15, 0.2) is 11.4 Å². The Labute approximate surface area is 125 Å². The fourth-order valence-corrected chi connectivity index (χ4v) is 3.12. The molecule has 1 amide bonds. The van der Waals surface area contributed by atoms with E-state index in [0.717, 1.165) is 17.8 Å². The molecule has 1 aliphatic rings. The number of halogens is 1. The van der Waals surface area contributed by atoms with Gasteiger partial charge in [-0.05, 0) is 69.3 Å². The van der Waals surface area contributed by atoms with Crippen molar-refractivity contribution in [2.45, 2.75) is 32.6 Å². The zero-order chi connectivity index (χ0) is 12.8. The number of nitrogens with zero attached hydrogens (tertiary/aromatic N) is 1. The van der Waals surface area contributed by atoms with Crippen molar-refractivity contribution >= 4 is 29.7 Å². The highest BCUT2D eigenvalue weighted by Gasteiger charge is 2.10. The van der Waals surface area contributed by atoms with E-state index in [9.17, 15) is 4.79 Å². The molecule has 1 N–H and O–H groups in total. The van der Waals surface area contributed by atoms with Crippen LogP contribution in [0.5, 0.6) is 0 Å².